The molecule has 0 radical (unpaired) electrons. The Balaban J connectivity index is 1.85. The number of hydrogen-bond acceptors (Lipinski definition) is 5. The van der Waals surface area contributed by atoms with Crippen LogP contribution in [0.3, 0.4) is 0 Å². The predicted molar refractivity (Wildman–Crippen MR) is 97.0 cm³/mol. The molecule has 3 N–H and O–H groups in total. The average Bonchev–Trinajstić information content (AvgIpc) is 2.65. The van der Waals surface area contributed by atoms with Gasteiger partial charge in [-0.3, -0.25) is 4.79 Å². The quantitative estimate of drug-likeness (QED) is 0.572. The van der Waals surface area contributed by atoms with E-state index >= 15 is 0 Å². The number of alkyl halides is 3. The second-order valence-electron chi connectivity index (χ2n) is 5.77. The summed E-state index contributed by atoms with van der Waals surface area (Å²) >= 11 is 0. The van der Waals surface area contributed by atoms with Gasteiger partial charge < -0.3 is 10.6 Å². The van der Waals surface area contributed by atoms with Gasteiger partial charge in [0.1, 0.15) is 5.82 Å². The molecule has 152 valence electrons. The van der Waals surface area contributed by atoms with Crippen LogP contribution in [0.5, 0.6) is 0 Å². The van der Waals surface area contributed by atoms with Gasteiger partial charge in [-0.05, 0) is 31.2 Å². The number of nitrogens with zero attached hydrogens (tertiary/aromatic N) is 1. The lowest BCUT2D eigenvalue weighted by Gasteiger charge is -2.16. The highest BCUT2D eigenvalue weighted by molar-refractivity contribution is 7.89. The number of anilines is 1. The highest BCUT2D eigenvalue weighted by Crippen LogP contribution is 2.33. The third-order valence-corrected chi connectivity index (χ3v) is 5.17. The van der Waals surface area contributed by atoms with Crippen LogP contribution in [0, 0.1) is 0 Å². The maximum absolute atomic E-state index is 12.9. The lowest BCUT2D eigenvalue weighted by molar-refractivity contribution is -0.137. The molecule has 0 unspecified atom stereocenters. The number of carbonyl (C=O) groups excluding carboxylic acids is 1. The zero-order valence-electron chi connectivity index (χ0n) is 14.8. The number of rotatable bonds is 8. The van der Waals surface area contributed by atoms with Crippen molar-refractivity contribution in [3.63, 3.8) is 0 Å². The van der Waals surface area contributed by atoms with Gasteiger partial charge in [0.15, 0.2) is 0 Å². The summed E-state index contributed by atoms with van der Waals surface area (Å²) in [6.07, 6.45) is -3.33. The van der Waals surface area contributed by atoms with Gasteiger partial charge in [-0.1, -0.05) is 18.2 Å². The summed E-state index contributed by atoms with van der Waals surface area (Å²) in [7, 11) is -3.86. The third-order valence-electron chi connectivity index (χ3n) is 3.61. The van der Waals surface area contributed by atoms with Gasteiger partial charge in [0.05, 0.1) is 16.5 Å². The number of amides is 1. The van der Waals surface area contributed by atoms with Crippen molar-refractivity contribution in [1.29, 1.82) is 0 Å². The lowest BCUT2D eigenvalue weighted by atomic mass is 10.2. The summed E-state index contributed by atoms with van der Waals surface area (Å²) < 4.78 is 65.2. The topological polar surface area (TPSA) is 100 Å². The molecular weight excluding hydrogens is 397 g/mol. The SMILES string of the molecule is C[C@H](NS(=O)(=O)c1ccccc1)C(=O)NCCNc1ncccc1C(F)(F)F. The second-order valence-corrected chi connectivity index (χ2v) is 7.49. The van der Waals surface area contributed by atoms with Crippen molar-refractivity contribution in [2.24, 2.45) is 0 Å². The van der Waals surface area contributed by atoms with E-state index in [-0.39, 0.29) is 23.8 Å². The van der Waals surface area contributed by atoms with Crippen LogP contribution in [0.15, 0.2) is 53.6 Å². The summed E-state index contributed by atoms with van der Waals surface area (Å²) in [4.78, 5) is 15.7. The second kappa shape index (κ2) is 9.02. The molecule has 0 spiro atoms. The van der Waals surface area contributed by atoms with E-state index in [0.717, 1.165) is 6.07 Å². The monoisotopic (exact) mass is 416 g/mol. The largest absolute Gasteiger partial charge is 0.419 e. The van der Waals surface area contributed by atoms with Crippen molar-refractivity contribution in [1.82, 2.24) is 15.0 Å². The molecule has 0 bridgehead atoms. The van der Waals surface area contributed by atoms with E-state index in [0.29, 0.717) is 0 Å². The van der Waals surface area contributed by atoms with Crippen LogP contribution >= 0.6 is 0 Å². The molecule has 11 heteroatoms. The number of carbonyl (C=O) groups is 1. The zero-order chi connectivity index (χ0) is 20.8. The molecule has 1 heterocycles. The smallest absolute Gasteiger partial charge is 0.368 e. The van der Waals surface area contributed by atoms with E-state index in [1.54, 1.807) is 18.2 Å². The molecule has 0 saturated heterocycles. The van der Waals surface area contributed by atoms with Crippen LogP contribution in [-0.4, -0.2) is 38.4 Å². The lowest BCUT2D eigenvalue weighted by Crippen LogP contribution is -2.45. The van der Waals surface area contributed by atoms with Crippen LogP contribution in [0.2, 0.25) is 0 Å². The number of nitrogens with one attached hydrogen (secondary N) is 3. The molecule has 28 heavy (non-hydrogen) atoms. The molecule has 0 aliphatic heterocycles. The highest BCUT2D eigenvalue weighted by atomic mass is 32.2. The van der Waals surface area contributed by atoms with Crippen molar-refractivity contribution >= 4 is 21.7 Å². The Morgan fingerprint density at radius 2 is 1.79 bits per heavy atom. The minimum atomic E-state index is -4.55. The van der Waals surface area contributed by atoms with Crippen molar-refractivity contribution in [3.05, 3.63) is 54.2 Å². The third kappa shape index (κ3) is 5.92. The number of pyridine rings is 1. The molecule has 1 amide bonds. The van der Waals surface area contributed by atoms with Crippen molar-refractivity contribution in [2.75, 3.05) is 18.4 Å². The van der Waals surface area contributed by atoms with E-state index in [9.17, 15) is 26.4 Å². The Kier molecular flexibility index (Phi) is 6.97. The molecule has 0 saturated carbocycles. The van der Waals surface area contributed by atoms with Crippen molar-refractivity contribution in [2.45, 2.75) is 24.0 Å². The predicted octanol–water partition coefficient (Wildman–Crippen LogP) is 2.00. The van der Waals surface area contributed by atoms with Gasteiger partial charge in [0, 0.05) is 19.3 Å². The number of benzene rings is 1. The average molecular weight is 416 g/mol. The standard InChI is InChI=1S/C17H19F3N4O3S/c1-12(24-28(26,27)13-6-3-2-4-7-13)16(25)23-11-10-22-15-14(17(18,19)20)8-5-9-21-15/h2-9,12,24H,10-11H2,1H3,(H,21,22)(H,23,25)/t12-/m0/s1. The summed E-state index contributed by atoms with van der Waals surface area (Å²) in [6, 6.07) is 8.56. The summed E-state index contributed by atoms with van der Waals surface area (Å²) in [5, 5.41) is 4.95. The molecule has 1 aromatic heterocycles. The van der Waals surface area contributed by atoms with Crippen LogP contribution < -0.4 is 15.4 Å². The van der Waals surface area contributed by atoms with E-state index in [4.69, 9.17) is 0 Å². The molecule has 1 aromatic carbocycles. The van der Waals surface area contributed by atoms with Gasteiger partial charge >= 0.3 is 6.18 Å². The fourth-order valence-electron chi connectivity index (χ4n) is 2.25. The zero-order valence-corrected chi connectivity index (χ0v) is 15.6. The first-order chi connectivity index (χ1) is 13.1. The summed E-state index contributed by atoms with van der Waals surface area (Å²) in [5.74, 6) is -0.958. The maximum Gasteiger partial charge on any atom is 0.419 e. The Hall–Kier alpha value is -2.66. The number of hydrogen-bond donors (Lipinski definition) is 3. The van der Waals surface area contributed by atoms with Crippen LogP contribution in [0.25, 0.3) is 0 Å². The minimum absolute atomic E-state index is 0.0196. The van der Waals surface area contributed by atoms with Gasteiger partial charge in [0.25, 0.3) is 0 Å². The van der Waals surface area contributed by atoms with E-state index < -0.39 is 33.7 Å². The van der Waals surface area contributed by atoms with E-state index in [1.165, 1.54) is 31.3 Å². The van der Waals surface area contributed by atoms with Crippen LogP contribution in [-0.2, 0) is 21.0 Å². The minimum Gasteiger partial charge on any atom is -0.368 e. The van der Waals surface area contributed by atoms with Crippen LogP contribution in [0.1, 0.15) is 12.5 Å². The molecule has 0 aliphatic rings. The normalized spacial score (nSPS) is 13.0. The first-order valence-electron chi connectivity index (χ1n) is 8.22. The van der Waals surface area contributed by atoms with Crippen LogP contribution in [0.4, 0.5) is 19.0 Å². The number of aromatic nitrogens is 1. The fourth-order valence-corrected chi connectivity index (χ4v) is 3.47. The van der Waals surface area contributed by atoms with Gasteiger partial charge in [0.2, 0.25) is 15.9 Å². The molecule has 1 atom stereocenters. The van der Waals surface area contributed by atoms with E-state index in [1.807, 2.05) is 0 Å². The van der Waals surface area contributed by atoms with Gasteiger partial charge in [-0.2, -0.15) is 17.9 Å². The first-order valence-corrected chi connectivity index (χ1v) is 9.71. The number of halogens is 3. The molecule has 0 aliphatic carbocycles. The highest BCUT2D eigenvalue weighted by Gasteiger charge is 2.34. The van der Waals surface area contributed by atoms with Gasteiger partial charge in [-0.25, -0.2) is 13.4 Å². The molecule has 0 fully saturated rings. The maximum atomic E-state index is 12.9. The molecule has 2 aromatic rings. The summed E-state index contributed by atoms with van der Waals surface area (Å²) in [6.45, 7) is 1.32. The molecule has 7 nitrogen and oxygen atoms in total. The Labute approximate surface area is 160 Å². The molecular formula is C17H19F3N4O3S. The van der Waals surface area contributed by atoms with E-state index in [2.05, 4.69) is 20.3 Å². The Morgan fingerprint density at radius 1 is 1.11 bits per heavy atom. The Morgan fingerprint density at radius 3 is 2.43 bits per heavy atom. The van der Waals surface area contributed by atoms with Crippen molar-refractivity contribution < 1.29 is 26.4 Å². The fraction of sp³-hybridized carbons (Fsp3) is 0.294. The summed E-state index contributed by atoms with van der Waals surface area (Å²) in [5.41, 5.74) is -0.912. The van der Waals surface area contributed by atoms with Gasteiger partial charge in [-0.15, -0.1) is 0 Å². The Bertz CT molecular complexity index is 905. The molecule has 2 rings (SSSR count). The first kappa shape index (κ1) is 21.6. The van der Waals surface area contributed by atoms with Crippen molar-refractivity contribution in [3.8, 4) is 0 Å². The number of sulfonamides is 1.